The van der Waals surface area contributed by atoms with E-state index in [1.165, 1.54) is 4.88 Å². The first-order chi connectivity index (χ1) is 19.7. The Labute approximate surface area is 248 Å². The summed E-state index contributed by atoms with van der Waals surface area (Å²) in [6.45, 7) is 8.59. The van der Waals surface area contributed by atoms with Gasteiger partial charge in [-0.2, -0.15) is 0 Å². The molecular formula is C28H35ClN6O5S. The highest BCUT2D eigenvalue weighted by atomic mass is 35.5. The fourth-order valence-corrected chi connectivity index (χ4v) is 5.80. The summed E-state index contributed by atoms with van der Waals surface area (Å²) in [5.74, 6) is 0.239. The fraction of sp³-hybridized carbons (Fsp3) is 0.464. The van der Waals surface area contributed by atoms with Crippen molar-refractivity contribution in [3.8, 4) is 5.00 Å². The van der Waals surface area contributed by atoms with Crippen molar-refractivity contribution in [3.05, 3.63) is 62.5 Å². The van der Waals surface area contributed by atoms with Crippen LogP contribution in [0.3, 0.4) is 0 Å². The molecule has 0 spiro atoms. The quantitative estimate of drug-likeness (QED) is 0.269. The van der Waals surface area contributed by atoms with Crippen molar-refractivity contribution >= 4 is 40.5 Å². The number of halogens is 1. The van der Waals surface area contributed by atoms with Crippen LogP contribution in [-0.4, -0.2) is 95.5 Å². The molecule has 0 aliphatic carbocycles. The van der Waals surface area contributed by atoms with E-state index < -0.39 is 12.0 Å². The Morgan fingerprint density at radius 3 is 2.51 bits per heavy atom. The summed E-state index contributed by atoms with van der Waals surface area (Å²) >= 11 is 7.84. The first-order valence-electron chi connectivity index (χ1n) is 13.3. The summed E-state index contributed by atoms with van der Waals surface area (Å²) in [5.41, 5.74) is 3.89. The van der Waals surface area contributed by atoms with Crippen LogP contribution in [0, 0.1) is 20.8 Å². The number of hydrogen-bond acceptors (Lipinski definition) is 9. The number of carbonyl (C=O) groups excluding carboxylic acids is 1. The molecule has 13 heteroatoms. The third-order valence-corrected chi connectivity index (χ3v) is 8.21. The largest absolute Gasteiger partial charge is 0.480 e. The maximum absolute atomic E-state index is 13.0. The number of carbonyl (C=O) groups is 2. The van der Waals surface area contributed by atoms with E-state index in [0.717, 1.165) is 33.2 Å². The van der Waals surface area contributed by atoms with E-state index in [4.69, 9.17) is 31.2 Å². The summed E-state index contributed by atoms with van der Waals surface area (Å²) in [7, 11) is 1.91. The third-order valence-electron chi connectivity index (χ3n) is 6.76. The molecule has 4 rings (SSSR count). The van der Waals surface area contributed by atoms with Crippen LogP contribution < -0.4 is 5.32 Å². The molecule has 2 N–H and O–H groups in total. The van der Waals surface area contributed by atoms with Gasteiger partial charge in [0.05, 0.1) is 32.0 Å². The predicted molar refractivity (Wildman–Crippen MR) is 158 cm³/mol. The van der Waals surface area contributed by atoms with Gasteiger partial charge in [-0.15, -0.1) is 21.5 Å². The van der Waals surface area contributed by atoms with Crippen molar-refractivity contribution in [2.75, 3.05) is 53.1 Å². The first-order valence-corrected chi connectivity index (χ1v) is 14.5. The van der Waals surface area contributed by atoms with Crippen LogP contribution in [0.1, 0.15) is 45.7 Å². The second-order valence-electron chi connectivity index (χ2n) is 9.82. The maximum Gasteiger partial charge on any atom is 0.329 e. The van der Waals surface area contributed by atoms with Gasteiger partial charge >= 0.3 is 5.97 Å². The van der Waals surface area contributed by atoms with Crippen molar-refractivity contribution < 1.29 is 24.2 Å². The SMILES string of the molecule is Cc1sc2c(c1C)C(c1ccc(Cl)cc1)=N[C@@H](CC(=O)NCCOCCN(C)CCOCC(=O)O)c1nnc(C)n1-2. The van der Waals surface area contributed by atoms with E-state index in [1.54, 1.807) is 11.3 Å². The highest BCUT2D eigenvalue weighted by molar-refractivity contribution is 7.15. The average molecular weight is 603 g/mol. The molecule has 11 nitrogen and oxygen atoms in total. The zero-order valence-corrected chi connectivity index (χ0v) is 25.2. The van der Waals surface area contributed by atoms with Gasteiger partial charge in [0.15, 0.2) is 5.82 Å². The molecule has 0 radical (unpaired) electrons. The Morgan fingerprint density at radius 2 is 1.80 bits per heavy atom. The van der Waals surface area contributed by atoms with E-state index >= 15 is 0 Å². The zero-order chi connectivity index (χ0) is 29.5. The number of aromatic nitrogens is 3. The van der Waals surface area contributed by atoms with E-state index in [9.17, 15) is 9.59 Å². The second kappa shape index (κ2) is 14.1. The molecule has 1 aliphatic heterocycles. The second-order valence-corrected chi connectivity index (χ2v) is 11.5. The van der Waals surface area contributed by atoms with Crippen LogP contribution in [0.4, 0.5) is 0 Å². The number of carboxylic acids is 1. The third kappa shape index (κ3) is 7.77. The van der Waals surface area contributed by atoms with Crippen molar-refractivity contribution in [2.45, 2.75) is 33.2 Å². The van der Waals surface area contributed by atoms with Crippen LogP contribution in [0.2, 0.25) is 5.02 Å². The zero-order valence-electron chi connectivity index (χ0n) is 23.6. The fourth-order valence-electron chi connectivity index (χ4n) is 4.46. The predicted octanol–water partition coefficient (Wildman–Crippen LogP) is 3.36. The van der Waals surface area contributed by atoms with Gasteiger partial charge in [-0.1, -0.05) is 23.7 Å². The normalized spacial score (nSPS) is 14.4. The van der Waals surface area contributed by atoms with Crippen LogP contribution >= 0.6 is 22.9 Å². The number of carboxylic acid groups (broad SMARTS) is 1. The van der Waals surface area contributed by atoms with E-state index in [-0.39, 0.29) is 18.9 Å². The molecule has 3 heterocycles. The molecule has 1 amide bonds. The highest BCUT2D eigenvalue weighted by Crippen LogP contribution is 2.39. The Balaban J connectivity index is 1.38. The number of nitrogens with one attached hydrogen (secondary N) is 1. The minimum absolute atomic E-state index is 0.112. The molecule has 0 fully saturated rings. The van der Waals surface area contributed by atoms with Gasteiger partial charge in [0, 0.05) is 40.7 Å². The van der Waals surface area contributed by atoms with E-state index in [1.807, 2.05) is 47.7 Å². The number of likely N-dealkylation sites (N-methyl/N-ethyl adjacent to an activating group) is 1. The molecule has 2 aromatic heterocycles. The van der Waals surface area contributed by atoms with Gasteiger partial charge in [-0.3, -0.25) is 14.4 Å². The molecule has 1 atom stereocenters. The molecule has 0 saturated heterocycles. The molecule has 1 aliphatic rings. The van der Waals surface area contributed by atoms with E-state index in [2.05, 4.69) is 29.4 Å². The lowest BCUT2D eigenvalue weighted by Crippen LogP contribution is -2.31. The molecule has 3 aromatic rings. The Hall–Kier alpha value is -3.16. The van der Waals surface area contributed by atoms with Crippen LogP contribution in [0.15, 0.2) is 29.3 Å². The van der Waals surface area contributed by atoms with Gasteiger partial charge < -0.3 is 24.8 Å². The van der Waals surface area contributed by atoms with Gasteiger partial charge in [0.2, 0.25) is 5.91 Å². The maximum atomic E-state index is 13.0. The number of benzene rings is 1. The number of aliphatic carboxylic acids is 1. The molecule has 41 heavy (non-hydrogen) atoms. The molecule has 220 valence electrons. The lowest BCUT2D eigenvalue weighted by molar-refractivity contribution is -0.142. The number of rotatable bonds is 14. The van der Waals surface area contributed by atoms with Crippen molar-refractivity contribution in [1.29, 1.82) is 0 Å². The van der Waals surface area contributed by atoms with Gasteiger partial charge in [-0.05, 0) is 45.5 Å². The summed E-state index contributed by atoms with van der Waals surface area (Å²) in [6, 6.07) is 7.06. The van der Waals surface area contributed by atoms with Crippen molar-refractivity contribution in [1.82, 2.24) is 25.0 Å². The first kappa shape index (κ1) is 30.8. The van der Waals surface area contributed by atoms with Crippen LogP contribution in [0.25, 0.3) is 5.00 Å². The Kier molecular flexibility index (Phi) is 10.6. The number of amides is 1. The summed E-state index contributed by atoms with van der Waals surface area (Å²) < 4.78 is 12.7. The van der Waals surface area contributed by atoms with Crippen LogP contribution in [-0.2, 0) is 19.1 Å². The Bertz CT molecular complexity index is 1400. The van der Waals surface area contributed by atoms with Crippen molar-refractivity contribution in [2.24, 2.45) is 4.99 Å². The minimum Gasteiger partial charge on any atom is -0.480 e. The summed E-state index contributed by atoms with van der Waals surface area (Å²) in [4.78, 5) is 31.8. The van der Waals surface area contributed by atoms with Crippen LogP contribution in [0.5, 0.6) is 0 Å². The lowest BCUT2D eigenvalue weighted by atomic mass is 9.99. The molecule has 0 saturated carbocycles. The minimum atomic E-state index is -0.982. The highest BCUT2D eigenvalue weighted by Gasteiger charge is 2.32. The van der Waals surface area contributed by atoms with Gasteiger partial charge in [0.25, 0.3) is 0 Å². The molecular weight excluding hydrogens is 568 g/mol. The lowest BCUT2D eigenvalue weighted by Gasteiger charge is -2.16. The van der Waals surface area contributed by atoms with Gasteiger partial charge in [0.1, 0.15) is 23.5 Å². The number of aryl methyl sites for hydroxylation is 2. The Morgan fingerprint density at radius 1 is 1.10 bits per heavy atom. The monoisotopic (exact) mass is 602 g/mol. The smallest absolute Gasteiger partial charge is 0.329 e. The van der Waals surface area contributed by atoms with E-state index in [0.29, 0.717) is 50.3 Å². The molecule has 0 unspecified atom stereocenters. The molecule has 0 bridgehead atoms. The standard InChI is InChI=1S/C28H35ClN6O5S/c1-17-18(2)41-28-25(17)26(20-5-7-21(29)8-6-20)31-22(27-33-32-19(3)35(27)28)15-23(36)30-9-12-39-13-10-34(4)11-14-40-16-24(37)38/h5-8,22H,9-16H2,1-4H3,(H,30,36)(H,37,38)/t22-/m0/s1. The average Bonchev–Trinajstić information content (AvgIpc) is 3.41. The number of thiophene rings is 1. The van der Waals surface area contributed by atoms with Gasteiger partial charge in [-0.25, -0.2) is 4.79 Å². The number of hydrogen-bond donors (Lipinski definition) is 2. The number of fused-ring (bicyclic) bond motifs is 3. The summed E-state index contributed by atoms with van der Waals surface area (Å²) in [5, 5.41) is 22.0. The van der Waals surface area contributed by atoms with Crippen molar-refractivity contribution in [3.63, 3.8) is 0 Å². The number of nitrogens with zero attached hydrogens (tertiary/aromatic N) is 5. The topological polar surface area (TPSA) is 131 Å². The summed E-state index contributed by atoms with van der Waals surface area (Å²) in [6.07, 6.45) is 0.112. The molecule has 1 aromatic carbocycles. The number of aliphatic imine (C=N–C) groups is 1. The number of ether oxygens (including phenoxy) is 2.